The molecule has 4 rings (SSSR count). The van der Waals surface area contributed by atoms with E-state index < -0.39 is 5.60 Å². The number of benzene rings is 2. The van der Waals surface area contributed by atoms with Crippen LogP contribution in [0.1, 0.15) is 75.7 Å². The highest BCUT2D eigenvalue weighted by Crippen LogP contribution is 2.31. The van der Waals surface area contributed by atoms with Gasteiger partial charge in [-0.05, 0) is 83.0 Å². The summed E-state index contributed by atoms with van der Waals surface area (Å²) in [6.07, 6.45) is 3.18. The molecule has 0 aromatic heterocycles. The number of esters is 1. The van der Waals surface area contributed by atoms with E-state index in [0.717, 1.165) is 37.9 Å². The van der Waals surface area contributed by atoms with Crippen molar-refractivity contribution in [2.24, 2.45) is 0 Å². The molecule has 7 nitrogen and oxygen atoms in total. The molecular weight excluding hydrogens is 466 g/mol. The molecule has 2 aromatic carbocycles. The molecule has 202 valence electrons. The minimum Gasteiger partial charge on any atom is -0.456 e. The van der Waals surface area contributed by atoms with Gasteiger partial charge < -0.3 is 25.4 Å². The number of ether oxygens (including phenoxy) is 2. The van der Waals surface area contributed by atoms with Gasteiger partial charge in [0, 0.05) is 18.2 Å². The first-order chi connectivity index (χ1) is 17.8. The second-order valence-corrected chi connectivity index (χ2v) is 10.4. The Balaban J connectivity index is 0.00000186. The molecule has 2 heterocycles. The van der Waals surface area contributed by atoms with Gasteiger partial charge in [0.05, 0.1) is 23.8 Å². The summed E-state index contributed by atoms with van der Waals surface area (Å²) in [5.41, 5.74) is 1.66. The van der Waals surface area contributed by atoms with E-state index in [1.54, 1.807) is 24.3 Å². The van der Waals surface area contributed by atoms with E-state index in [-0.39, 0.29) is 36.0 Å². The molecule has 0 bridgehead atoms. The lowest BCUT2D eigenvalue weighted by Gasteiger charge is -2.38. The second kappa shape index (κ2) is 13.7. The Kier molecular flexibility index (Phi) is 10.7. The largest absolute Gasteiger partial charge is 0.456 e. The predicted molar refractivity (Wildman–Crippen MR) is 148 cm³/mol. The Bertz CT molecular complexity index is 982. The summed E-state index contributed by atoms with van der Waals surface area (Å²) in [4.78, 5) is 25.6. The standard InChI is InChI=1S/C28H37N3O4.C2H6/c1-28(2,3)35-27(33)20-9-11-21(12-10-20)31-26(32)25-24(19-7-5-4-6-8-19)17-23(18-30-25)34-22-13-15-29-16-14-22;1-2/h4-12,22-25,29-30H,13-18H2,1-3H3,(H,31,32);1-2H3. The molecule has 2 saturated heterocycles. The third kappa shape index (κ3) is 8.66. The van der Waals surface area contributed by atoms with Gasteiger partial charge in [-0.1, -0.05) is 44.2 Å². The summed E-state index contributed by atoms with van der Waals surface area (Å²) in [6.45, 7) is 12.1. The monoisotopic (exact) mass is 509 g/mol. The molecule has 2 fully saturated rings. The fraction of sp³-hybridized carbons (Fsp3) is 0.533. The van der Waals surface area contributed by atoms with Crippen molar-refractivity contribution in [1.82, 2.24) is 10.6 Å². The van der Waals surface area contributed by atoms with Crippen LogP contribution in [0.2, 0.25) is 0 Å². The summed E-state index contributed by atoms with van der Waals surface area (Å²) < 4.78 is 11.8. The van der Waals surface area contributed by atoms with Crippen molar-refractivity contribution in [3.8, 4) is 0 Å². The minimum absolute atomic E-state index is 0.00213. The topological polar surface area (TPSA) is 88.7 Å². The van der Waals surface area contributed by atoms with Gasteiger partial charge in [0.1, 0.15) is 5.60 Å². The molecular formula is C30H43N3O4. The number of nitrogens with one attached hydrogen (secondary N) is 3. The molecule has 0 aliphatic carbocycles. The number of hydrogen-bond donors (Lipinski definition) is 3. The molecule has 2 aliphatic heterocycles. The SMILES string of the molecule is CC.CC(C)(C)OC(=O)c1ccc(NC(=O)C2NCC(OC3CCNCC3)CC2c2ccccc2)cc1. The van der Waals surface area contributed by atoms with Crippen molar-refractivity contribution in [3.05, 3.63) is 65.7 Å². The normalized spacial score (nSPS) is 22.4. The van der Waals surface area contributed by atoms with Crippen molar-refractivity contribution in [3.63, 3.8) is 0 Å². The molecule has 37 heavy (non-hydrogen) atoms. The molecule has 2 aliphatic rings. The van der Waals surface area contributed by atoms with Gasteiger partial charge in [-0.25, -0.2) is 4.79 Å². The highest BCUT2D eigenvalue weighted by atomic mass is 16.6. The van der Waals surface area contributed by atoms with Gasteiger partial charge in [-0.15, -0.1) is 0 Å². The number of piperidine rings is 2. The third-order valence-corrected chi connectivity index (χ3v) is 6.45. The smallest absolute Gasteiger partial charge is 0.338 e. The molecule has 7 heteroatoms. The summed E-state index contributed by atoms with van der Waals surface area (Å²) in [5, 5.41) is 9.85. The highest BCUT2D eigenvalue weighted by Gasteiger charge is 2.37. The van der Waals surface area contributed by atoms with Crippen molar-refractivity contribution < 1.29 is 19.1 Å². The first kappa shape index (κ1) is 28.8. The van der Waals surface area contributed by atoms with Crippen LogP contribution in [0.25, 0.3) is 0 Å². The van der Waals surface area contributed by atoms with Crippen molar-refractivity contribution in [1.29, 1.82) is 0 Å². The van der Waals surface area contributed by atoms with E-state index in [1.165, 1.54) is 0 Å². The number of hydrogen-bond acceptors (Lipinski definition) is 6. The average molecular weight is 510 g/mol. The van der Waals surface area contributed by atoms with E-state index in [0.29, 0.717) is 17.8 Å². The lowest BCUT2D eigenvalue weighted by Crippen LogP contribution is -2.54. The van der Waals surface area contributed by atoms with Crippen LogP contribution in [-0.4, -0.2) is 55.4 Å². The summed E-state index contributed by atoms with van der Waals surface area (Å²) in [5.74, 6) is -0.477. The zero-order chi connectivity index (χ0) is 26.8. The number of amides is 1. The Morgan fingerprint density at radius 3 is 2.19 bits per heavy atom. The number of carbonyl (C=O) groups excluding carboxylic acids is 2. The van der Waals surface area contributed by atoms with Gasteiger partial charge in [0.15, 0.2) is 0 Å². The average Bonchev–Trinajstić information content (AvgIpc) is 2.90. The number of carbonyl (C=O) groups is 2. The van der Waals surface area contributed by atoms with Crippen LogP contribution in [0.3, 0.4) is 0 Å². The van der Waals surface area contributed by atoms with Crippen LogP contribution in [0.5, 0.6) is 0 Å². The first-order valence-electron chi connectivity index (χ1n) is 13.6. The highest BCUT2D eigenvalue weighted by molar-refractivity contribution is 5.96. The third-order valence-electron chi connectivity index (χ3n) is 6.45. The number of rotatable bonds is 6. The Labute approximate surface area is 221 Å². The number of anilines is 1. The maximum atomic E-state index is 13.3. The minimum atomic E-state index is -0.557. The van der Waals surface area contributed by atoms with Crippen molar-refractivity contribution in [2.75, 3.05) is 25.0 Å². The summed E-state index contributed by atoms with van der Waals surface area (Å²) in [7, 11) is 0. The van der Waals surface area contributed by atoms with E-state index in [4.69, 9.17) is 9.47 Å². The van der Waals surface area contributed by atoms with Gasteiger partial charge in [-0.3, -0.25) is 4.79 Å². The quantitative estimate of drug-likeness (QED) is 0.481. The van der Waals surface area contributed by atoms with Crippen molar-refractivity contribution in [2.45, 2.75) is 83.6 Å². The fourth-order valence-electron chi connectivity index (χ4n) is 4.76. The Morgan fingerprint density at radius 2 is 1.57 bits per heavy atom. The van der Waals surface area contributed by atoms with Crippen LogP contribution in [0, 0.1) is 0 Å². The van der Waals surface area contributed by atoms with Crippen LogP contribution < -0.4 is 16.0 Å². The zero-order valence-electron chi connectivity index (χ0n) is 22.9. The molecule has 3 N–H and O–H groups in total. The second-order valence-electron chi connectivity index (χ2n) is 10.4. The van der Waals surface area contributed by atoms with Crippen molar-refractivity contribution >= 4 is 17.6 Å². The van der Waals surface area contributed by atoms with Crippen LogP contribution in [-0.2, 0) is 14.3 Å². The maximum absolute atomic E-state index is 13.3. The Hall–Kier alpha value is -2.74. The maximum Gasteiger partial charge on any atom is 0.338 e. The molecule has 0 spiro atoms. The Morgan fingerprint density at radius 1 is 0.919 bits per heavy atom. The van der Waals surface area contributed by atoms with E-state index in [9.17, 15) is 9.59 Å². The van der Waals surface area contributed by atoms with E-state index in [1.807, 2.05) is 52.8 Å². The molecule has 2 aromatic rings. The molecule has 3 unspecified atom stereocenters. The molecule has 0 radical (unpaired) electrons. The van der Waals surface area contributed by atoms with E-state index in [2.05, 4.69) is 28.1 Å². The molecule has 1 amide bonds. The molecule has 3 atom stereocenters. The van der Waals surface area contributed by atoms with Crippen LogP contribution >= 0.6 is 0 Å². The lowest BCUT2D eigenvalue weighted by atomic mass is 9.83. The van der Waals surface area contributed by atoms with Gasteiger partial charge in [-0.2, -0.15) is 0 Å². The lowest BCUT2D eigenvalue weighted by molar-refractivity contribution is -0.120. The summed E-state index contributed by atoms with van der Waals surface area (Å²) in [6, 6.07) is 16.6. The van der Waals surface area contributed by atoms with Crippen LogP contribution in [0.4, 0.5) is 5.69 Å². The van der Waals surface area contributed by atoms with Gasteiger partial charge in [0.25, 0.3) is 0 Å². The summed E-state index contributed by atoms with van der Waals surface area (Å²) >= 11 is 0. The van der Waals surface area contributed by atoms with E-state index >= 15 is 0 Å². The van der Waals surface area contributed by atoms with Gasteiger partial charge >= 0.3 is 5.97 Å². The van der Waals surface area contributed by atoms with Gasteiger partial charge in [0.2, 0.25) is 5.91 Å². The van der Waals surface area contributed by atoms with Crippen LogP contribution in [0.15, 0.2) is 54.6 Å². The fourth-order valence-corrected chi connectivity index (χ4v) is 4.76. The predicted octanol–water partition coefficient (Wildman–Crippen LogP) is 4.89. The first-order valence-corrected chi connectivity index (χ1v) is 13.6. The zero-order valence-corrected chi connectivity index (χ0v) is 22.9. The molecule has 0 saturated carbocycles.